The van der Waals surface area contributed by atoms with Gasteiger partial charge in [0.15, 0.2) is 5.69 Å². The lowest BCUT2D eigenvalue weighted by atomic mass is 10.1. The van der Waals surface area contributed by atoms with Crippen LogP contribution in [-0.2, 0) is 20.3 Å². The third-order valence-corrected chi connectivity index (χ3v) is 3.99. The number of nitrogens with one attached hydrogen (secondary N) is 1. The lowest BCUT2D eigenvalue weighted by Gasteiger charge is -2.07. The molecule has 3 rings (SSSR count). The summed E-state index contributed by atoms with van der Waals surface area (Å²) in [6.45, 7) is 0. The molecule has 0 radical (unpaired) electrons. The van der Waals surface area contributed by atoms with E-state index in [0.29, 0.717) is 16.9 Å². The number of aryl methyl sites for hydroxylation is 2. The molecule has 6 nitrogen and oxygen atoms in total. The van der Waals surface area contributed by atoms with E-state index in [1.165, 1.54) is 17.9 Å². The first-order valence-electron chi connectivity index (χ1n) is 7.37. The number of rotatable bonds is 3. The van der Waals surface area contributed by atoms with E-state index in [1.807, 2.05) is 0 Å². The molecule has 0 saturated carbocycles. The first-order valence-corrected chi connectivity index (χ1v) is 7.75. The SMILES string of the molecule is Cn1nc(C(F)(F)F)cc1-c1ccc(NC(=O)c2c(Cl)cnn2C)cc1. The fourth-order valence-electron chi connectivity index (χ4n) is 2.46. The minimum Gasteiger partial charge on any atom is -0.321 e. The molecule has 1 amide bonds. The topological polar surface area (TPSA) is 64.7 Å². The Bertz CT molecular complexity index is 940. The van der Waals surface area contributed by atoms with Gasteiger partial charge in [0.25, 0.3) is 5.91 Å². The molecule has 0 unspecified atom stereocenters. The predicted molar refractivity (Wildman–Crippen MR) is 89.8 cm³/mol. The smallest absolute Gasteiger partial charge is 0.321 e. The van der Waals surface area contributed by atoms with E-state index in [-0.39, 0.29) is 10.7 Å². The summed E-state index contributed by atoms with van der Waals surface area (Å²) in [7, 11) is 3.02. The third kappa shape index (κ3) is 3.43. The number of benzene rings is 1. The van der Waals surface area contributed by atoms with Gasteiger partial charge < -0.3 is 5.32 Å². The van der Waals surface area contributed by atoms with Crippen molar-refractivity contribution in [2.75, 3.05) is 5.32 Å². The third-order valence-electron chi connectivity index (χ3n) is 3.72. The maximum Gasteiger partial charge on any atom is 0.435 e. The number of anilines is 1. The number of alkyl halides is 3. The molecule has 0 bridgehead atoms. The van der Waals surface area contributed by atoms with E-state index in [4.69, 9.17) is 11.6 Å². The van der Waals surface area contributed by atoms with Gasteiger partial charge in [-0.2, -0.15) is 23.4 Å². The average Bonchev–Trinajstić information content (AvgIpc) is 3.11. The summed E-state index contributed by atoms with van der Waals surface area (Å²) in [6.07, 6.45) is -3.15. The fraction of sp³-hybridized carbons (Fsp3) is 0.188. The lowest BCUT2D eigenvalue weighted by Crippen LogP contribution is -2.16. The van der Waals surface area contributed by atoms with Gasteiger partial charge >= 0.3 is 6.18 Å². The van der Waals surface area contributed by atoms with Gasteiger partial charge in [0.2, 0.25) is 0 Å². The van der Waals surface area contributed by atoms with Crippen LogP contribution in [0.3, 0.4) is 0 Å². The van der Waals surface area contributed by atoms with Crippen LogP contribution < -0.4 is 5.32 Å². The van der Waals surface area contributed by atoms with Gasteiger partial charge in [-0.1, -0.05) is 23.7 Å². The van der Waals surface area contributed by atoms with Crippen LogP contribution in [0.25, 0.3) is 11.3 Å². The van der Waals surface area contributed by atoms with Crippen molar-refractivity contribution in [2.45, 2.75) is 6.18 Å². The summed E-state index contributed by atoms with van der Waals surface area (Å²) < 4.78 is 40.8. The minimum absolute atomic E-state index is 0.206. The van der Waals surface area contributed by atoms with Crippen LogP contribution in [0.1, 0.15) is 16.2 Å². The molecule has 0 aliphatic rings. The summed E-state index contributed by atoms with van der Waals surface area (Å²) in [5.74, 6) is -0.442. The molecule has 3 aromatic rings. The summed E-state index contributed by atoms with van der Waals surface area (Å²) in [6, 6.07) is 7.33. The summed E-state index contributed by atoms with van der Waals surface area (Å²) in [5, 5.41) is 10.2. The molecule has 0 atom stereocenters. The van der Waals surface area contributed by atoms with E-state index >= 15 is 0 Å². The molecule has 0 aliphatic heterocycles. The molecular formula is C16H13ClF3N5O. The molecule has 136 valence electrons. The Balaban J connectivity index is 1.81. The Morgan fingerprint density at radius 1 is 1.15 bits per heavy atom. The van der Waals surface area contributed by atoms with Gasteiger partial charge in [-0.3, -0.25) is 14.2 Å². The summed E-state index contributed by atoms with van der Waals surface area (Å²) in [4.78, 5) is 12.2. The number of nitrogens with zero attached hydrogens (tertiary/aromatic N) is 4. The number of aromatic nitrogens is 4. The highest BCUT2D eigenvalue weighted by molar-refractivity contribution is 6.34. The number of carbonyl (C=O) groups excluding carboxylic acids is 1. The van der Waals surface area contributed by atoms with Gasteiger partial charge in [0.05, 0.1) is 16.9 Å². The quantitative estimate of drug-likeness (QED) is 0.749. The molecule has 0 aliphatic carbocycles. The summed E-state index contributed by atoms with van der Waals surface area (Å²) in [5.41, 5.74) is 0.557. The average molecular weight is 384 g/mol. The second kappa shape index (κ2) is 6.49. The zero-order valence-corrected chi connectivity index (χ0v) is 14.4. The molecule has 10 heteroatoms. The van der Waals surface area contributed by atoms with Crippen molar-refractivity contribution < 1.29 is 18.0 Å². The number of hydrogen-bond donors (Lipinski definition) is 1. The standard InChI is InChI=1S/C16H13ClF3N5O/c1-24-12(7-13(23-24)16(18,19)20)9-3-5-10(6-4-9)22-15(26)14-11(17)8-21-25(14)2/h3-8H,1-2H3,(H,22,26). The second-order valence-corrected chi connectivity index (χ2v) is 5.94. The van der Waals surface area contributed by atoms with Gasteiger partial charge in [-0.05, 0) is 23.8 Å². The van der Waals surface area contributed by atoms with Gasteiger partial charge in [-0.25, -0.2) is 0 Å². The lowest BCUT2D eigenvalue weighted by molar-refractivity contribution is -0.141. The second-order valence-electron chi connectivity index (χ2n) is 5.53. The van der Waals surface area contributed by atoms with Crippen LogP contribution >= 0.6 is 11.6 Å². The molecule has 0 saturated heterocycles. The molecule has 0 fully saturated rings. The van der Waals surface area contributed by atoms with Crippen molar-refractivity contribution in [2.24, 2.45) is 14.1 Å². The molecule has 1 N–H and O–H groups in total. The Hall–Kier alpha value is -2.81. The van der Waals surface area contributed by atoms with Crippen LogP contribution in [0.5, 0.6) is 0 Å². The van der Waals surface area contributed by atoms with E-state index in [0.717, 1.165) is 10.7 Å². The Kier molecular flexibility index (Phi) is 4.49. The molecule has 26 heavy (non-hydrogen) atoms. The molecule has 2 aromatic heterocycles. The van der Waals surface area contributed by atoms with E-state index in [1.54, 1.807) is 31.3 Å². The summed E-state index contributed by atoms with van der Waals surface area (Å²) >= 11 is 5.92. The minimum atomic E-state index is -4.51. The van der Waals surface area contributed by atoms with Crippen LogP contribution in [0.2, 0.25) is 5.02 Å². The zero-order chi connectivity index (χ0) is 19.1. The molecule has 0 spiro atoms. The van der Waals surface area contributed by atoms with Crippen molar-refractivity contribution in [1.82, 2.24) is 19.6 Å². The first kappa shape index (κ1) is 18.0. The predicted octanol–water partition coefficient (Wildman–Crippen LogP) is 3.75. The van der Waals surface area contributed by atoms with Crippen molar-refractivity contribution in [3.8, 4) is 11.3 Å². The maximum atomic E-state index is 12.8. The van der Waals surface area contributed by atoms with Crippen LogP contribution in [0, 0.1) is 0 Å². The number of hydrogen-bond acceptors (Lipinski definition) is 3. The highest BCUT2D eigenvalue weighted by Gasteiger charge is 2.34. The van der Waals surface area contributed by atoms with Gasteiger partial charge in [-0.15, -0.1) is 0 Å². The number of carbonyl (C=O) groups is 1. The van der Waals surface area contributed by atoms with Crippen LogP contribution in [0.4, 0.5) is 18.9 Å². The normalized spacial score (nSPS) is 11.6. The monoisotopic (exact) mass is 383 g/mol. The van der Waals surface area contributed by atoms with E-state index in [2.05, 4.69) is 15.5 Å². The van der Waals surface area contributed by atoms with E-state index in [9.17, 15) is 18.0 Å². The van der Waals surface area contributed by atoms with Crippen LogP contribution in [-0.4, -0.2) is 25.5 Å². The Morgan fingerprint density at radius 2 is 1.81 bits per heavy atom. The molecule has 1 aromatic carbocycles. The Labute approximate surface area is 151 Å². The first-order chi connectivity index (χ1) is 12.2. The molecule has 2 heterocycles. The largest absolute Gasteiger partial charge is 0.435 e. The van der Waals surface area contributed by atoms with Gasteiger partial charge in [0.1, 0.15) is 5.69 Å². The number of amides is 1. The Morgan fingerprint density at radius 3 is 2.31 bits per heavy atom. The van der Waals surface area contributed by atoms with E-state index < -0.39 is 17.8 Å². The zero-order valence-electron chi connectivity index (χ0n) is 13.7. The number of halogens is 4. The maximum absolute atomic E-state index is 12.8. The van der Waals surface area contributed by atoms with Crippen LogP contribution in [0.15, 0.2) is 36.5 Å². The van der Waals surface area contributed by atoms with Crippen molar-refractivity contribution >= 4 is 23.2 Å². The van der Waals surface area contributed by atoms with Gasteiger partial charge in [0, 0.05) is 19.8 Å². The highest BCUT2D eigenvalue weighted by Crippen LogP contribution is 2.31. The van der Waals surface area contributed by atoms with Crippen molar-refractivity contribution in [3.63, 3.8) is 0 Å². The highest BCUT2D eigenvalue weighted by atomic mass is 35.5. The molecular weight excluding hydrogens is 371 g/mol. The van der Waals surface area contributed by atoms with Crippen molar-refractivity contribution in [3.05, 3.63) is 52.9 Å². The fourth-order valence-corrected chi connectivity index (χ4v) is 2.71. The van der Waals surface area contributed by atoms with Crippen molar-refractivity contribution in [1.29, 1.82) is 0 Å².